The Hall–Kier alpha value is -2.21. The number of rotatable bonds is 3. The summed E-state index contributed by atoms with van der Waals surface area (Å²) in [6.07, 6.45) is 0. The molecule has 0 bridgehead atoms. The molecule has 2 N–H and O–H groups in total. The van der Waals surface area contributed by atoms with E-state index in [0.29, 0.717) is 16.1 Å². The highest BCUT2D eigenvalue weighted by Crippen LogP contribution is 2.28. The standard InChI is InChI=1S/C17H20N2O3S/c1-9-6-10(2)12(7-11(9)16(21)22)19-15(20)13-14(17(3,4)5)18-8-23-13/h6-8H,1-5H3,(H,19,20)(H,21,22). The molecule has 1 aromatic carbocycles. The molecule has 5 nitrogen and oxygen atoms in total. The fraction of sp³-hybridized carbons (Fsp3) is 0.353. The molecule has 0 aliphatic rings. The Balaban J connectivity index is 2.37. The fourth-order valence-electron chi connectivity index (χ4n) is 2.34. The van der Waals surface area contributed by atoms with Crippen molar-refractivity contribution in [1.29, 1.82) is 0 Å². The first-order chi connectivity index (χ1) is 10.6. The van der Waals surface area contributed by atoms with Crippen LogP contribution in [-0.4, -0.2) is 22.0 Å². The second kappa shape index (κ2) is 6.12. The summed E-state index contributed by atoms with van der Waals surface area (Å²) in [7, 11) is 0. The van der Waals surface area contributed by atoms with Gasteiger partial charge in [0.1, 0.15) is 4.88 Å². The molecule has 0 unspecified atom stereocenters. The number of nitrogens with zero attached hydrogens (tertiary/aromatic N) is 1. The number of anilines is 1. The van der Waals surface area contributed by atoms with Gasteiger partial charge in [0.15, 0.2) is 0 Å². The molecule has 23 heavy (non-hydrogen) atoms. The maximum Gasteiger partial charge on any atom is 0.336 e. The third-order valence-corrected chi connectivity index (χ3v) is 4.36. The van der Waals surface area contributed by atoms with Crippen LogP contribution in [0.5, 0.6) is 0 Å². The molecule has 0 atom stereocenters. The van der Waals surface area contributed by atoms with E-state index in [-0.39, 0.29) is 16.9 Å². The van der Waals surface area contributed by atoms with Crippen molar-refractivity contribution in [2.24, 2.45) is 0 Å². The SMILES string of the molecule is Cc1cc(C)c(C(=O)O)cc1NC(=O)c1scnc1C(C)(C)C. The van der Waals surface area contributed by atoms with Gasteiger partial charge in [-0.05, 0) is 31.0 Å². The van der Waals surface area contributed by atoms with Gasteiger partial charge < -0.3 is 10.4 Å². The summed E-state index contributed by atoms with van der Waals surface area (Å²) in [5.41, 5.74) is 4.34. The molecule has 2 aromatic rings. The lowest BCUT2D eigenvalue weighted by Crippen LogP contribution is -2.20. The van der Waals surface area contributed by atoms with Crippen LogP contribution in [0.1, 0.15) is 57.6 Å². The van der Waals surface area contributed by atoms with E-state index in [0.717, 1.165) is 11.3 Å². The molecule has 0 aliphatic heterocycles. The Bertz CT molecular complexity index is 773. The van der Waals surface area contributed by atoms with Gasteiger partial charge in [0.2, 0.25) is 0 Å². The van der Waals surface area contributed by atoms with Gasteiger partial charge in [0.05, 0.1) is 16.8 Å². The van der Waals surface area contributed by atoms with E-state index in [4.69, 9.17) is 0 Å². The zero-order valence-electron chi connectivity index (χ0n) is 13.9. The van der Waals surface area contributed by atoms with Gasteiger partial charge in [-0.25, -0.2) is 9.78 Å². The first kappa shape index (κ1) is 17.1. The van der Waals surface area contributed by atoms with Gasteiger partial charge in [0, 0.05) is 11.1 Å². The quantitative estimate of drug-likeness (QED) is 0.890. The van der Waals surface area contributed by atoms with Gasteiger partial charge in [0.25, 0.3) is 5.91 Å². The van der Waals surface area contributed by atoms with Crippen LogP contribution in [0.3, 0.4) is 0 Å². The zero-order chi connectivity index (χ0) is 17.4. The maximum atomic E-state index is 12.6. The van der Waals surface area contributed by atoms with Crippen LogP contribution in [0.2, 0.25) is 0 Å². The van der Waals surface area contributed by atoms with Gasteiger partial charge in [-0.15, -0.1) is 11.3 Å². The van der Waals surface area contributed by atoms with Gasteiger partial charge in [-0.1, -0.05) is 26.8 Å². The molecule has 1 aromatic heterocycles. The summed E-state index contributed by atoms with van der Waals surface area (Å²) in [5.74, 6) is -1.27. The van der Waals surface area contributed by atoms with E-state index in [9.17, 15) is 14.7 Å². The van der Waals surface area contributed by atoms with Crippen LogP contribution in [0, 0.1) is 13.8 Å². The lowest BCUT2D eigenvalue weighted by molar-refractivity contribution is 0.0695. The minimum atomic E-state index is -1.01. The number of aryl methyl sites for hydroxylation is 2. The molecule has 0 radical (unpaired) electrons. The predicted molar refractivity (Wildman–Crippen MR) is 91.6 cm³/mol. The van der Waals surface area contributed by atoms with Gasteiger partial charge in [-0.2, -0.15) is 0 Å². The first-order valence-corrected chi connectivity index (χ1v) is 8.09. The Morgan fingerprint density at radius 2 is 1.83 bits per heavy atom. The fourth-order valence-corrected chi connectivity index (χ4v) is 3.23. The number of carbonyl (C=O) groups excluding carboxylic acids is 1. The molecule has 0 spiro atoms. The minimum Gasteiger partial charge on any atom is -0.478 e. The maximum absolute atomic E-state index is 12.6. The number of carboxylic acid groups (broad SMARTS) is 1. The van der Waals surface area contributed by atoms with Crippen LogP contribution in [-0.2, 0) is 5.41 Å². The van der Waals surface area contributed by atoms with Crippen molar-refractivity contribution in [2.45, 2.75) is 40.0 Å². The molecular weight excluding hydrogens is 312 g/mol. The number of carboxylic acids is 1. The van der Waals surface area contributed by atoms with Crippen LogP contribution in [0.15, 0.2) is 17.6 Å². The molecule has 0 aliphatic carbocycles. The Morgan fingerprint density at radius 3 is 2.39 bits per heavy atom. The van der Waals surface area contributed by atoms with Crippen molar-refractivity contribution in [1.82, 2.24) is 4.98 Å². The molecule has 1 amide bonds. The highest BCUT2D eigenvalue weighted by atomic mass is 32.1. The molecule has 2 rings (SSSR count). The summed E-state index contributed by atoms with van der Waals surface area (Å²) < 4.78 is 0. The van der Waals surface area contributed by atoms with Gasteiger partial charge in [-0.3, -0.25) is 4.79 Å². The predicted octanol–water partition coefficient (Wildman–Crippen LogP) is 4.01. The Kier molecular flexibility index (Phi) is 4.56. The lowest BCUT2D eigenvalue weighted by Gasteiger charge is -2.18. The molecule has 1 heterocycles. The number of hydrogen-bond donors (Lipinski definition) is 2. The number of hydrogen-bond acceptors (Lipinski definition) is 4. The van der Waals surface area contributed by atoms with E-state index in [1.807, 2.05) is 27.7 Å². The third kappa shape index (κ3) is 3.59. The minimum absolute atomic E-state index is 0.186. The van der Waals surface area contributed by atoms with Crippen molar-refractivity contribution >= 4 is 28.9 Å². The van der Waals surface area contributed by atoms with Crippen LogP contribution >= 0.6 is 11.3 Å². The number of aromatic carboxylic acids is 1. The zero-order valence-corrected chi connectivity index (χ0v) is 14.7. The normalized spacial score (nSPS) is 11.3. The van der Waals surface area contributed by atoms with Crippen molar-refractivity contribution < 1.29 is 14.7 Å². The van der Waals surface area contributed by atoms with E-state index in [1.165, 1.54) is 17.4 Å². The van der Waals surface area contributed by atoms with Crippen molar-refractivity contribution in [3.8, 4) is 0 Å². The molecular formula is C17H20N2O3S. The van der Waals surface area contributed by atoms with E-state index < -0.39 is 5.97 Å². The number of carbonyl (C=O) groups is 2. The molecule has 0 saturated heterocycles. The number of amides is 1. The highest BCUT2D eigenvalue weighted by Gasteiger charge is 2.25. The van der Waals surface area contributed by atoms with E-state index in [1.54, 1.807) is 18.5 Å². The second-order valence-corrected chi connectivity index (χ2v) is 7.38. The Morgan fingerprint density at radius 1 is 1.17 bits per heavy atom. The summed E-state index contributed by atoms with van der Waals surface area (Å²) in [5, 5.41) is 12.0. The van der Waals surface area contributed by atoms with Crippen LogP contribution in [0.4, 0.5) is 5.69 Å². The van der Waals surface area contributed by atoms with Crippen molar-refractivity contribution in [3.05, 3.63) is 44.9 Å². The summed E-state index contributed by atoms with van der Waals surface area (Å²) in [6.45, 7) is 9.57. The van der Waals surface area contributed by atoms with Crippen molar-refractivity contribution in [3.63, 3.8) is 0 Å². The second-order valence-electron chi connectivity index (χ2n) is 6.52. The number of benzene rings is 1. The molecule has 6 heteroatoms. The first-order valence-electron chi connectivity index (χ1n) is 7.21. The summed E-state index contributed by atoms with van der Waals surface area (Å²) in [4.78, 5) is 28.7. The molecule has 0 fully saturated rings. The Labute approximate surface area is 139 Å². The lowest BCUT2D eigenvalue weighted by atomic mass is 9.91. The topological polar surface area (TPSA) is 79.3 Å². The molecule has 122 valence electrons. The summed E-state index contributed by atoms with van der Waals surface area (Å²) >= 11 is 1.28. The number of nitrogens with one attached hydrogen (secondary N) is 1. The van der Waals surface area contributed by atoms with Crippen molar-refractivity contribution in [2.75, 3.05) is 5.32 Å². The van der Waals surface area contributed by atoms with Crippen LogP contribution in [0.25, 0.3) is 0 Å². The monoisotopic (exact) mass is 332 g/mol. The largest absolute Gasteiger partial charge is 0.478 e. The summed E-state index contributed by atoms with van der Waals surface area (Å²) in [6, 6.07) is 3.26. The average molecular weight is 332 g/mol. The smallest absolute Gasteiger partial charge is 0.336 e. The van der Waals surface area contributed by atoms with Crippen LogP contribution < -0.4 is 5.32 Å². The average Bonchev–Trinajstić information content (AvgIpc) is 2.90. The van der Waals surface area contributed by atoms with E-state index >= 15 is 0 Å². The number of aromatic nitrogens is 1. The number of thiazole rings is 1. The van der Waals surface area contributed by atoms with E-state index in [2.05, 4.69) is 10.3 Å². The highest BCUT2D eigenvalue weighted by molar-refractivity contribution is 7.12. The van der Waals surface area contributed by atoms with Gasteiger partial charge >= 0.3 is 5.97 Å². The third-order valence-electron chi connectivity index (χ3n) is 3.53. The molecule has 0 saturated carbocycles.